The van der Waals surface area contributed by atoms with Gasteiger partial charge in [-0.15, -0.1) is 0 Å². The number of fused-ring (bicyclic) bond motifs is 1. The molecule has 0 N–H and O–H groups in total. The van der Waals surface area contributed by atoms with Crippen LogP contribution >= 0.6 is 0 Å². The van der Waals surface area contributed by atoms with E-state index in [2.05, 4.69) is 26.8 Å². The SMILES string of the molecule is CC(=O)OC1C(C(C)C)CCC(C)=CCC(OC(=O)C=C(C)C)C2(C)OC12. The lowest BCUT2D eigenvalue weighted by Gasteiger charge is -2.31. The third-order valence-electron chi connectivity index (χ3n) is 5.62. The quantitative estimate of drug-likeness (QED) is 0.315. The van der Waals surface area contributed by atoms with Crippen LogP contribution in [0.15, 0.2) is 23.3 Å². The Morgan fingerprint density at radius 2 is 1.93 bits per heavy atom. The number of hydrogen-bond donors (Lipinski definition) is 0. The molecule has 152 valence electrons. The zero-order chi connectivity index (χ0) is 20.4. The molecule has 5 atom stereocenters. The van der Waals surface area contributed by atoms with E-state index in [1.165, 1.54) is 18.6 Å². The van der Waals surface area contributed by atoms with E-state index < -0.39 is 11.7 Å². The van der Waals surface area contributed by atoms with Gasteiger partial charge in [0.05, 0.1) is 0 Å². The maximum atomic E-state index is 12.2. The molecule has 0 amide bonds. The van der Waals surface area contributed by atoms with Gasteiger partial charge >= 0.3 is 11.9 Å². The van der Waals surface area contributed by atoms with Crippen LogP contribution < -0.4 is 0 Å². The summed E-state index contributed by atoms with van der Waals surface area (Å²) in [5.41, 5.74) is 1.50. The molecule has 1 fully saturated rings. The highest BCUT2D eigenvalue weighted by Crippen LogP contribution is 2.49. The highest BCUT2D eigenvalue weighted by molar-refractivity contribution is 5.82. The first-order chi connectivity index (χ1) is 12.5. The minimum absolute atomic E-state index is 0.191. The van der Waals surface area contributed by atoms with Crippen molar-refractivity contribution < 1.29 is 23.8 Å². The largest absolute Gasteiger partial charge is 0.459 e. The smallest absolute Gasteiger partial charge is 0.331 e. The van der Waals surface area contributed by atoms with Crippen molar-refractivity contribution in [3.05, 3.63) is 23.3 Å². The van der Waals surface area contributed by atoms with Crippen LogP contribution in [0.3, 0.4) is 0 Å². The number of carbonyl (C=O) groups excluding carboxylic acids is 2. The summed E-state index contributed by atoms with van der Waals surface area (Å²) in [5.74, 6) is -0.119. The summed E-state index contributed by atoms with van der Waals surface area (Å²) >= 11 is 0. The Balaban J connectivity index is 2.33. The molecule has 0 spiro atoms. The van der Waals surface area contributed by atoms with Gasteiger partial charge in [0.2, 0.25) is 0 Å². The molecule has 2 aliphatic rings. The van der Waals surface area contributed by atoms with Crippen molar-refractivity contribution in [1.82, 2.24) is 0 Å². The Kier molecular flexibility index (Phi) is 6.90. The van der Waals surface area contributed by atoms with E-state index in [0.717, 1.165) is 18.4 Å². The highest BCUT2D eigenvalue weighted by atomic mass is 16.7. The predicted molar refractivity (Wildman–Crippen MR) is 104 cm³/mol. The fourth-order valence-electron chi connectivity index (χ4n) is 3.95. The second-order valence-corrected chi connectivity index (χ2v) is 8.68. The van der Waals surface area contributed by atoms with Crippen LogP contribution in [0.2, 0.25) is 0 Å². The first-order valence-corrected chi connectivity index (χ1v) is 9.90. The number of allylic oxidation sites excluding steroid dienone is 2. The maximum Gasteiger partial charge on any atom is 0.331 e. The molecule has 0 bridgehead atoms. The van der Waals surface area contributed by atoms with E-state index in [0.29, 0.717) is 12.3 Å². The van der Waals surface area contributed by atoms with E-state index in [1.54, 1.807) is 0 Å². The molecular weight excluding hydrogens is 344 g/mol. The van der Waals surface area contributed by atoms with E-state index >= 15 is 0 Å². The molecule has 1 aliphatic carbocycles. The van der Waals surface area contributed by atoms with Crippen molar-refractivity contribution in [1.29, 1.82) is 0 Å². The van der Waals surface area contributed by atoms with Gasteiger partial charge in [-0.3, -0.25) is 4.79 Å². The molecule has 2 rings (SSSR count). The van der Waals surface area contributed by atoms with Crippen molar-refractivity contribution in [2.45, 2.75) is 91.6 Å². The van der Waals surface area contributed by atoms with E-state index in [1.807, 2.05) is 20.8 Å². The predicted octanol–water partition coefficient (Wildman–Crippen LogP) is 4.36. The van der Waals surface area contributed by atoms with Gasteiger partial charge in [0, 0.05) is 25.3 Å². The Bertz CT molecular complexity index is 629. The van der Waals surface area contributed by atoms with E-state index in [-0.39, 0.29) is 30.1 Å². The number of ether oxygens (including phenoxy) is 3. The molecule has 0 aromatic carbocycles. The van der Waals surface area contributed by atoms with Crippen LogP contribution in [0.1, 0.15) is 67.7 Å². The van der Waals surface area contributed by atoms with Gasteiger partial charge in [-0.2, -0.15) is 0 Å². The lowest BCUT2D eigenvalue weighted by Crippen LogP contribution is -2.42. The van der Waals surface area contributed by atoms with Gasteiger partial charge in [0.15, 0.2) is 0 Å². The van der Waals surface area contributed by atoms with Gasteiger partial charge < -0.3 is 14.2 Å². The molecule has 0 radical (unpaired) electrons. The first kappa shape index (κ1) is 21.7. The molecule has 5 unspecified atom stereocenters. The number of epoxide rings is 1. The Hall–Kier alpha value is -1.62. The average Bonchev–Trinajstić information content (AvgIpc) is 3.21. The topological polar surface area (TPSA) is 65.1 Å². The summed E-state index contributed by atoms with van der Waals surface area (Å²) in [6.45, 7) is 13.5. The lowest BCUT2D eigenvalue weighted by atomic mass is 9.79. The molecule has 1 heterocycles. The van der Waals surface area contributed by atoms with Crippen molar-refractivity contribution in [3.63, 3.8) is 0 Å². The van der Waals surface area contributed by atoms with Crippen LogP contribution in [0.4, 0.5) is 0 Å². The summed E-state index contributed by atoms with van der Waals surface area (Å²) in [5, 5.41) is 0. The summed E-state index contributed by atoms with van der Waals surface area (Å²) in [6.07, 6.45) is 5.11. The minimum Gasteiger partial charge on any atom is -0.459 e. The third-order valence-corrected chi connectivity index (χ3v) is 5.62. The number of hydrogen-bond acceptors (Lipinski definition) is 5. The molecule has 1 saturated heterocycles. The number of carbonyl (C=O) groups is 2. The summed E-state index contributed by atoms with van der Waals surface area (Å²) in [6, 6.07) is 0. The lowest BCUT2D eigenvalue weighted by molar-refractivity contribution is -0.152. The summed E-state index contributed by atoms with van der Waals surface area (Å²) in [7, 11) is 0. The van der Waals surface area contributed by atoms with Crippen LogP contribution in [0.5, 0.6) is 0 Å². The maximum absolute atomic E-state index is 12.2. The van der Waals surface area contributed by atoms with E-state index in [9.17, 15) is 9.59 Å². The molecular formula is C22H34O5. The molecule has 0 aromatic heterocycles. The fraction of sp³-hybridized carbons (Fsp3) is 0.727. The molecule has 1 aliphatic heterocycles. The van der Waals surface area contributed by atoms with Crippen LogP contribution in [-0.4, -0.2) is 35.9 Å². The Labute approximate surface area is 163 Å². The molecule has 0 aromatic rings. The third kappa shape index (κ3) is 5.44. The average molecular weight is 379 g/mol. The van der Waals surface area contributed by atoms with Gasteiger partial charge in [-0.25, -0.2) is 4.79 Å². The van der Waals surface area contributed by atoms with Crippen molar-refractivity contribution in [2.24, 2.45) is 11.8 Å². The van der Waals surface area contributed by atoms with Crippen molar-refractivity contribution >= 4 is 11.9 Å². The van der Waals surface area contributed by atoms with Crippen LogP contribution in [-0.2, 0) is 23.8 Å². The van der Waals surface area contributed by atoms with Crippen LogP contribution in [0.25, 0.3) is 0 Å². The van der Waals surface area contributed by atoms with Gasteiger partial charge in [0.25, 0.3) is 0 Å². The number of esters is 2. The monoisotopic (exact) mass is 378 g/mol. The zero-order valence-electron chi connectivity index (χ0n) is 17.7. The van der Waals surface area contributed by atoms with Gasteiger partial charge in [-0.05, 0) is 46.5 Å². The number of rotatable bonds is 4. The molecule has 5 heteroatoms. The molecule has 27 heavy (non-hydrogen) atoms. The Morgan fingerprint density at radius 3 is 2.48 bits per heavy atom. The minimum atomic E-state index is -0.646. The molecule has 5 nitrogen and oxygen atoms in total. The van der Waals surface area contributed by atoms with E-state index in [4.69, 9.17) is 14.2 Å². The first-order valence-electron chi connectivity index (χ1n) is 9.90. The normalized spacial score (nSPS) is 33.4. The second kappa shape index (κ2) is 8.59. The standard InChI is InChI=1S/C22H34O5/c1-13(2)12-19(24)26-18-11-9-15(5)8-10-17(14(3)4)20(25-16(6)23)21-22(18,7)27-21/h9,12,14,17-18,20-21H,8,10-11H2,1-7H3. The summed E-state index contributed by atoms with van der Waals surface area (Å²) in [4.78, 5) is 24.0. The zero-order valence-corrected chi connectivity index (χ0v) is 17.7. The summed E-state index contributed by atoms with van der Waals surface area (Å²) < 4.78 is 17.6. The van der Waals surface area contributed by atoms with Crippen molar-refractivity contribution in [3.8, 4) is 0 Å². The highest BCUT2D eigenvalue weighted by Gasteiger charge is 2.64. The molecule has 0 saturated carbocycles. The fourth-order valence-corrected chi connectivity index (χ4v) is 3.95. The second-order valence-electron chi connectivity index (χ2n) is 8.68. The van der Waals surface area contributed by atoms with Gasteiger partial charge in [-0.1, -0.05) is 31.1 Å². The Morgan fingerprint density at radius 1 is 1.26 bits per heavy atom. The van der Waals surface area contributed by atoms with Crippen LogP contribution in [0, 0.1) is 11.8 Å². The van der Waals surface area contributed by atoms with Crippen molar-refractivity contribution in [2.75, 3.05) is 0 Å². The van der Waals surface area contributed by atoms with Gasteiger partial charge in [0.1, 0.15) is 23.9 Å².